The molecule has 0 heterocycles. The van der Waals surface area contributed by atoms with E-state index in [1.54, 1.807) is 42.5 Å². The van der Waals surface area contributed by atoms with Crippen LogP contribution in [0.25, 0.3) is 0 Å². The molecule has 0 aliphatic heterocycles. The summed E-state index contributed by atoms with van der Waals surface area (Å²) in [5, 5.41) is 5.56. The third-order valence-electron chi connectivity index (χ3n) is 4.62. The minimum atomic E-state index is -3.75. The van der Waals surface area contributed by atoms with Gasteiger partial charge in [-0.2, -0.15) is 0 Å². The van der Waals surface area contributed by atoms with E-state index >= 15 is 0 Å². The zero-order chi connectivity index (χ0) is 24.9. The van der Waals surface area contributed by atoms with Gasteiger partial charge in [-0.05, 0) is 115 Å². The van der Waals surface area contributed by atoms with Gasteiger partial charge in [0, 0.05) is 16.9 Å². The number of nitrogens with one attached hydrogen (secondary N) is 3. The third kappa shape index (κ3) is 6.78. The molecule has 3 aromatic rings. The highest BCUT2D eigenvalue weighted by molar-refractivity contribution is 9.10. The van der Waals surface area contributed by atoms with E-state index in [1.165, 1.54) is 12.1 Å². The Morgan fingerprint density at radius 1 is 0.971 bits per heavy atom. The van der Waals surface area contributed by atoms with E-state index in [-0.39, 0.29) is 10.0 Å². The van der Waals surface area contributed by atoms with Crippen LogP contribution in [0.3, 0.4) is 0 Å². The number of anilines is 2. The molecule has 0 aliphatic carbocycles. The molecule has 0 radical (unpaired) electrons. The second kappa shape index (κ2) is 11.0. The van der Waals surface area contributed by atoms with Crippen molar-refractivity contribution in [3.63, 3.8) is 0 Å². The monoisotopic (exact) mass is 561 g/mol. The lowest BCUT2D eigenvalue weighted by atomic mass is 10.1. The molecule has 0 unspecified atom stereocenters. The minimum absolute atomic E-state index is 0.0824. The SMILES string of the molecule is CCOc1ccc(C(=O)NC(=S)Nc2ccc(S(=O)(=O)Nc3cc(C)cc(C)c3)cc2)cc1Br. The second-order valence-corrected chi connectivity index (χ2v) is 10.4. The Hall–Kier alpha value is -2.95. The Kier molecular flexibility index (Phi) is 8.29. The average Bonchev–Trinajstić information content (AvgIpc) is 2.74. The van der Waals surface area contributed by atoms with E-state index < -0.39 is 15.9 Å². The summed E-state index contributed by atoms with van der Waals surface area (Å²) in [6.45, 7) is 6.20. The van der Waals surface area contributed by atoms with Gasteiger partial charge in [0.15, 0.2) is 5.11 Å². The number of carbonyl (C=O) groups is 1. The molecule has 0 atom stereocenters. The van der Waals surface area contributed by atoms with Crippen LogP contribution in [0, 0.1) is 13.8 Å². The van der Waals surface area contributed by atoms with Crippen molar-refractivity contribution in [3.8, 4) is 5.75 Å². The lowest BCUT2D eigenvalue weighted by molar-refractivity contribution is 0.0977. The topological polar surface area (TPSA) is 96.5 Å². The molecule has 3 rings (SSSR count). The molecule has 0 aliphatic rings. The van der Waals surface area contributed by atoms with E-state index in [9.17, 15) is 13.2 Å². The van der Waals surface area contributed by atoms with Crippen molar-refractivity contribution >= 4 is 60.6 Å². The number of rotatable bonds is 7. The van der Waals surface area contributed by atoms with Gasteiger partial charge in [-0.3, -0.25) is 14.8 Å². The molecule has 10 heteroatoms. The van der Waals surface area contributed by atoms with Gasteiger partial charge in [0.2, 0.25) is 0 Å². The van der Waals surface area contributed by atoms with Crippen LogP contribution in [0.1, 0.15) is 28.4 Å². The highest BCUT2D eigenvalue weighted by Gasteiger charge is 2.15. The summed E-state index contributed by atoms with van der Waals surface area (Å²) < 4.78 is 34.1. The number of amides is 1. The molecule has 0 spiro atoms. The molecular formula is C24H24BrN3O4S2. The van der Waals surface area contributed by atoms with Crippen LogP contribution in [0.5, 0.6) is 5.75 Å². The van der Waals surface area contributed by atoms with Crippen LogP contribution in [0.15, 0.2) is 70.0 Å². The highest BCUT2D eigenvalue weighted by Crippen LogP contribution is 2.26. The van der Waals surface area contributed by atoms with Crippen LogP contribution in [-0.4, -0.2) is 26.0 Å². The van der Waals surface area contributed by atoms with Gasteiger partial charge < -0.3 is 10.1 Å². The molecule has 1 amide bonds. The molecule has 0 bridgehead atoms. The van der Waals surface area contributed by atoms with Gasteiger partial charge >= 0.3 is 0 Å². The summed E-state index contributed by atoms with van der Waals surface area (Å²) in [6.07, 6.45) is 0. The van der Waals surface area contributed by atoms with E-state index in [0.717, 1.165) is 11.1 Å². The summed E-state index contributed by atoms with van der Waals surface area (Å²) >= 11 is 8.60. The Morgan fingerprint density at radius 2 is 1.62 bits per heavy atom. The fourth-order valence-corrected chi connectivity index (χ4v) is 4.96. The fourth-order valence-electron chi connectivity index (χ4n) is 3.22. The Balaban J connectivity index is 1.63. The zero-order valence-corrected chi connectivity index (χ0v) is 22.0. The predicted molar refractivity (Wildman–Crippen MR) is 142 cm³/mol. The Bertz CT molecular complexity index is 1310. The van der Waals surface area contributed by atoms with E-state index in [2.05, 4.69) is 31.3 Å². The van der Waals surface area contributed by atoms with Crippen LogP contribution >= 0.6 is 28.1 Å². The maximum absolute atomic E-state index is 12.7. The van der Waals surface area contributed by atoms with Crippen molar-refractivity contribution in [2.75, 3.05) is 16.6 Å². The Labute approximate surface area is 213 Å². The van der Waals surface area contributed by atoms with Gasteiger partial charge in [0.25, 0.3) is 15.9 Å². The number of hydrogen-bond acceptors (Lipinski definition) is 5. The van der Waals surface area contributed by atoms with Crippen LogP contribution in [0.2, 0.25) is 0 Å². The minimum Gasteiger partial charge on any atom is -0.493 e. The highest BCUT2D eigenvalue weighted by atomic mass is 79.9. The fraction of sp³-hybridized carbons (Fsp3) is 0.167. The summed E-state index contributed by atoms with van der Waals surface area (Å²) in [7, 11) is -3.75. The molecular weight excluding hydrogens is 538 g/mol. The van der Waals surface area contributed by atoms with Gasteiger partial charge in [-0.15, -0.1) is 0 Å². The number of aryl methyl sites for hydroxylation is 2. The van der Waals surface area contributed by atoms with Crippen LogP contribution in [-0.2, 0) is 10.0 Å². The second-order valence-electron chi connectivity index (χ2n) is 7.49. The normalized spacial score (nSPS) is 10.9. The smallest absolute Gasteiger partial charge is 0.261 e. The number of halogens is 1. The number of benzene rings is 3. The molecule has 3 N–H and O–H groups in total. The first-order chi connectivity index (χ1) is 16.1. The van der Waals surface area contributed by atoms with Gasteiger partial charge in [-0.25, -0.2) is 8.42 Å². The molecule has 0 saturated carbocycles. The van der Waals surface area contributed by atoms with E-state index in [4.69, 9.17) is 17.0 Å². The first kappa shape index (κ1) is 25.7. The number of ether oxygens (including phenoxy) is 1. The number of thiocarbonyl (C=S) groups is 1. The quantitative estimate of drug-likeness (QED) is 0.334. The predicted octanol–water partition coefficient (Wildman–Crippen LogP) is 5.39. The van der Waals surface area contributed by atoms with E-state index in [0.29, 0.717) is 33.8 Å². The summed E-state index contributed by atoms with van der Waals surface area (Å²) in [5.74, 6) is 0.250. The Morgan fingerprint density at radius 3 is 2.21 bits per heavy atom. The van der Waals surface area contributed by atoms with Gasteiger partial charge in [0.1, 0.15) is 5.75 Å². The third-order valence-corrected chi connectivity index (χ3v) is 6.84. The van der Waals surface area contributed by atoms with Gasteiger partial charge in [-0.1, -0.05) is 6.07 Å². The van der Waals surface area contributed by atoms with Crippen molar-refractivity contribution in [1.29, 1.82) is 0 Å². The average molecular weight is 563 g/mol. The number of carbonyl (C=O) groups excluding carboxylic acids is 1. The largest absolute Gasteiger partial charge is 0.493 e. The molecule has 34 heavy (non-hydrogen) atoms. The van der Waals surface area contributed by atoms with E-state index in [1.807, 2.05) is 26.8 Å². The standard InChI is InChI=1S/C24H24BrN3O4S2/c1-4-32-22-10-5-17(14-21(22)25)23(29)27-24(33)26-18-6-8-20(9-7-18)34(30,31)28-19-12-15(2)11-16(3)13-19/h5-14,28H,4H2,1-3H3,(H2,26,27,29,33). The molecule has 7 nitrogen and oxygen atoms in total. The summed E-state index contributed by atoms with van der Waals surface area (Å²) in [6, 6.07) is 16.5. The number of hydrogen-bond donors (Lipinski definition) is 3. The van der Waals surface area contributed by atoms with Gasteiger partial charge in [0.05, 0.1) is 16.0 Å². The summed E-state index contributed by atoms with van der Waals surface area (Å²) in [5.41, 5.74) is 3.36. The molecule has 0 saturated heterocycles. The molecule has 178 valence electrons. The van der Waals surface area contributed by atoms with Crippen molar-refractivity contribution in [3.05, 3.63) is 81.8 Å². The van der Waals surface area contributed by atoms with Crippen molar-refractivity contribution in [2.24, 2.45) is 0 Å². The van der Waals surface area contributed by atoms with Crippen LogP contribution in [0.4, 0.5) is 11.4 Å². The van der Waals surface area contributed by atoms with Crippen molar-refractivity contribution in [1.82, 2.24) is 5.32 Å². The first-order valence-electron chi connectivity index (χ1n) is 10.3. The molecule has 0 fully saturated rings. The maximum atomic E-state index is 12.7. The summed E-state index contributed by atoms with van der Waals surface area (Å²) in [4.78, 5) is 12.6. The zero-order valence-electron chi connectivity index (χ0n) is 18.8. The van der Waals surface area contributed by atoms with Crippen molar-refractivity contribution in [2.45, 2.75) is 25.7 Å². The lowest BCUT2D eigenvalue weighted by Crippen LogP contribution is -2.34. The van der Waals surface area contributed by atoms with Crippen LogP contribution < -0.4 is 20.1 Å². The lowest BCUT2D eigenvalue weighted by Gasteiger charge is -2.12. The molecule has 3 aromatic carbocycles. The number of sulfonamides is 1. The van der Waals surface area contributed by atoms with Crippen molar-refractivity contribution < 1.29 is 17.9 Å². The first-order valence-corrected chi connectivity index (χ1v) is 13.0. The molecule has 0 aromatic heterocycles. The maximum Gasteiger partial charge on any atom is 0.261 e.